The summed E-state index contributed by atoms with van der Waals surface area (Å²) in [5.41, 5.74) is 5.66. The van der Waals surface area contributed by atoms with E-state index in [2.05, 4.69) is 4.98 Å². The van der Waals surface area contributed by atoms with Crippen LogP contribution in [-0.4, -0.2) is 17.2 Å². The second-order valence-corrected chi connectivity index (χ2v) is 5.22. The van der Waals surface area contributed by atoms with Crippen molar-refractivity contribution in [1.82, 2.24) is 4.98 Å². The van der Waals surface area contributed by atoms with Crippen LogP contribution in [0.25, 0.3) is 0 Å². The number of rotatable bonds is 3. The van der Waals surface area contributed by atoms with Gasteiger partial charge in [-0.3, -0.25) is 4.98 Å². The number of ether oxygens (including phenoxy) is 1. The Morgan fingerprint density at radius 3 is 2.20 bits per heavy atom. The molecule has 106 valence electrons. The van der Waals surface area contributed by atoms with Crippen LogP contribution in [0.15, 0.2) is 24.3 Å². The molecular formula is C17H21NO2. The second kappa shape index (κ2) is 5.63. The highest BCUT2D eigenvalue weighted by Gasteiger charge is 2.18. The first-order valence-electron chi connectivity index (χ1n) is 6.71. The molecular weight excluding hydrogens is 250 g/mol. The molecule has 3 nitrogen and oxygen atoms in total. The van der Waals surface area contributed by atoms with E-state index in [4.69, 9.17) is 4.74 Å². The fourth-order valence-corrected chi connectivity index (χ4v) is 2.50. The Labute approximate surface area is 120 Å². The number of hydrogen-bond acceptors (Lipinski definition) is 3. The summed E-state index contributed by atoms with van der Waals surface area (Å²) in [6.07, 6.45) is -0.704. The van der Waals surface area contributed by atoms with Crippen molar-refractivity contribution < 1.29 is 9.84 Å². The van der Waals surface area contributed by atoms with Gasteiger partial charge in [-0.15, -0.1) is 0 Å². The number of aliphatic hydroxyl groups excluding tert-OH is 1. The van der Waals surface area contributed by atoms with Crippen molar-refractivity contribution in [2.75, 3.05) is 7.11 Å². The van der Waals surface area contributed by atoms with Crippen LogP contribution in [0.2, 0.25) is 0 Å². The molecule has 0 bridgehead atoms. The van der Waals surface area contributed by atoms with Crippen LogP contribution in [0.1, 0.15) is 39.7 Å². The molecule has 0 saturated heterocycles. The van der Waals surface area contributed by atoms with Crippen molar-refractivity contribution in [3.05, 3.63) is 57.9 Å². The molecule has 0 amide bonds. The lowest BCUT2D eigenvalue weighted by molar-refractivity contribution is 0.214. The van der Waals surface area contributed by atoms with Gasteiger partial charge in [-0.25, -0.2) is 0 Å². The Bertz CT molecular complexity index is 615. The van der Waals surface area contributed by atoms with E-state index < -0.39 is 6.10 Å². The maximum Gasteiger partial charge on any atom is 0.128 e. The SMILES string of the molecule is COc1c(C(O)c2cc(C)nc(C)c2)ccc(C)c1C. The number of nitrogens with zero attached hydrogens (tertiary/aromatic N) is 1. The Morgan fingerprint density at radius 2 is 1.65 bits per heavy atom. The van der Waals surface area contributed by atoms with Crippen molar-refractivity contribution >= 4 is 0 Å². The first-order chi connectivity index (χ1) is 9.43. The van der Waals surface area contributed by atoms with Gasteiger partial charge in [0.05, 0.1) is 7.11 Å². The Morgan fingerprint density at radius 1 is 1.05 bits per heavy atom. The molecule has 1 aromatic heterocycles. The van der Waals surface area contributed by atoms with E-state index in [0.717, 1.165) is 39.4 Å². The number of hydrogen-bond donors (Lipinski definition) is 1. The molecule has 0 aliphatic rings. The number of methoxy groups -OCH3 is 1. The second-order valence-electron chi connectivity index (χ2n) is 5.22. The Hall–Kier alpha value is -1.87. The van der Waals surface area contributed by atoms with Crippen LogP contribution in [0.5, 0.6) is 5.75 Å². The highest BCUT2D eigenvalue weighted by Crippen LogP contribution is 2.34. The van der Waals surface area contributed by atoms with Crippen molar-refractivity contribution in [2.24, 2.45) is 0 Å². The maximum atomic E-state index is 10.7. The highest BCUT2D eigenvalue weighted by atomic mass is 16.5. The number of pyridine rings is 1. The smallest absolute Gasteiger partial charge is 0.128 e. The summed E-state index contributed by atoms with van der Waals surface area (Å²) in [7, 11) is 1.64. The Balaban J connectivity index is 2.53. The standard InChI is InChI=1S/C17H21NO2/c1-10-6-7-15(17(20-5)13(10)4)16(19)14-8-11(2)18-12(3)9-14/h6-9,16,19H,1-5H3. The average Bonchev–Trinajstić information content (AvgIpc) is 2.39. The van der Waals surface area contributed by atoms with Gasteiger partial charge in [0, 0.05) is 17.0 Å². The summed E-state index contributed by atoms with van der Waals surface area (Å²) < 4.78 is 5.48. The van der Waals surface area contributed by atoms with Crippen molar-refractivity contribution in [1.29, 1.82) is 0 Å². The molecule has 0 aliphatic carbocycles. The van der Waals surface area contributed by atoms with Crippen LogP contribution < -0.4 is 4.74 Å². The normalized spacial score (nSPS) is 12.3. The zero-order chi connectivity index (χ0) is 14.9. The topological polar surface area (TPSA) is 42.4 Å². The molecule has 0 fully saturated rings. The number of aromatic nitrogens is 1. The van der Waals surface area contributed by atoms with Gasteiger partial charge in [-0.05, 0) is 56.5 Å². The van der Waals surface area contributed by atoms with Crippen LogP contribution in [-0.2, 0) is 0 Å². The molecule has 0 spiro atoms. The summed E-state index contributed by atoms with van der Waals surface area (Å²) in [6, 6.07) is 7.76. The predicted molar refractivity (Wildman–Crippen MR) is 80.2 cm³/mol. The zero-order valence-corrected chi connectivity index (χ0v) is 12.7. The summed E-state index contributed by atoms with van der Waals surface area (Å²) in [6.45, 7) is 7.91. The van der Waals surface area contributed by atoms with Gasteiger partial charge < -0.3 is 9.84 Å². The average molecular weight is 271 g/mol. The van der Waals surface area contributed by atoms with E-state index >= 15 is 0 Å². The van der Waals surface area contributed by atoms with Gasteiger partial charge in [-0.2, -0.15) is 0 Å². The lowest BCUT2D eigenvalue weighted by Gasteiger charge is -2.19. The third-order valence-corrected chi connectivity index (χ3v) is 3.63. The lowest BCUT2D eigenvalue weighted by Crippen LogP contribution is -2.06. The first kappa shape index (κ1) is 14.5. The third-order valence-electron chi connectivity index (χ3n) is 3.63. The summed E-state index contributed by atoms with van der Waals surface area (Å²) >= 11 is 0. The minimum Gasteiger partial charge on any atom is -0.496 e. The van der Waals surface area contributed by atoms with E-state index in [1.165, 1.54) is 0 Å². The quantitative estimate of drug-likeness (QED) is 0.930. The molecule has 1 aromatic carbocycles. The maximum absolute atomic E-state index is 10.7. The van der Waals surface area contributed by atoms with Crippen LogP contribution in [0, 0.1) is 27.7 Å². The molecule has 20 heavy (non-hydrogen) atoms. The summed E-state index contributed by atoms with van der Waals surface area (Å²) in [4.78, 5) is 4.34. The molecule has 3 heteroatoms. The third kappa shape index (κ3) is 2.68. The van der Waals surface area contributed by atoms with Crippen molar-refractivity contribution in [2.45, 2.75) is 33.8 Å². The van der Waals surface area contributed by atoms with E-state index in [1.807, 2.05) is 52.0 Å². The molecule has 0 aliphatic heterocycles. The number of benzene rings is 1. The minimum atomic E-state index is -0.704. The lowest BCUT2D eigenvalue weighted by atomic mass is 9.96. The van der Waals surface area contributed by atoms with Crippen molar-refractivity contribution in [3.63, 3.8) is 0 Å². The van der Waals surface area contributed by atoms with Crippen molar-refractivity contribution in [3.8, 4) is 5.75 Å². The van der Waals surface area contributed by atoms with E-state index in [9.17, 15) is 5.11 Å². The molecule has 0 radical (unpaired) electrons. The minimum absolute atomic E-state index is 0.704. The van der Waals surface area contributed by atoms with Gasteiger partial charge >= 0.3 is 0 Å². The molecule has 1 heterocycles. The highest BCUT2D eigenvalue weighted by molar-refractivity contribution is 5.49. The molecule has 1 N–H and O–H groups in total. The summed E-state index contributed by atoms with van der Waals surface area (Å²) in [5, 5.41) is 10.7. The van der Waals surface area contributed by atoms with Gasteiger partial charge in [0.15, 0.2) is 0 Å². The van der Waals surface area contributed by atoms with Gasteiger partial charge in [0.1, 0.15) is 11.9 Å². The fourth-order valence-electron chi connectivity index (χ4n) is 2.50. The zero-order valence-electron chi connectivity index (χ0n) is 12.7. The Kier molecular flexibility index (Phi) is 4.09. The number of aliphatic hydroxyl groups is 1. The molecule has 2 aromatic rings. The van der Waals surface area contributed by atoms with Gasteiger partial charge in [-0.1, -0.05) is 12.1 Å². The van der Waals surface area contributed by atoms with E-state index in [0.29, 0.717) is 0 Å². The van der Waals surface area contributed by atoms with Crippen LogP contribution in [0.3, 0.4) is 0 Å². The molecule has 0 saturated carbocycles. The first-order valence-corrected chi connectivity index (χ1v) is 6.71. The molecule has 1 unspecified atom stereocenters. The van der Waals surface area contributed by atoms with Crippen LogP contribution >= 0.6 is 0 Å². The largest absolute Gasteiger partial charge is 0.496 e. The summed E-state index contributed by atoms with van der Waals surface area (Å²) in [5.74, 6) is 0.754. The van der Waals surface area contributed by atoms with Gasteiger partial charge in [0.25, 0.3) is 0 Å². The van der Waals surface area contributed by atoms with Gasteiger partial charge in [0.2, 0.25) is 0 Å². The molecule has 1 atom stereocenters. The predicted octanol–water partition coefficient (Wildman–Crippen LogP) is 3.41. The fraction of sp³-hybridized carbons (Fsp3) is 0.353. The monoisotopic (exact) mass is 271 g/mol. The number of aryl methyl sites for hydroxylation is 3. The van der Waals surface area contributed by atoms with E-state index in [-0.39, 0.29) is 0 Å². The van der Waals surface area contributed by atoms with Crippen LogP contribution in [0.4, 0.5) is 0 Å². The van der Waals surface area contributed by atoms with E-state index in [1.54, 1.807) is 7.11 Å². The molecule has 2 rings (SSSR count).